The molecule has 4 N–H and O–H groups in total. The third-order valence-corrected chi connectivity index (χ3v) is 2.57. The summed E-state index contributed by atoms with van der Waals surface area (Å²) in [5.74, 6) is 0.458. The van der Waals surface area contributed by atoms with E-state index in [1.54, 1.807) is 12.3 Å². The van der Waals surface area contributed by atoms with E-state index in [2.05, 4.69) is 15.5 Å². The van der Waals surface area contributed by atoms with Gasteiger partial charge in [0.1, 0.15) is 5.69 Å². The molecule has 1 amide bonds. The van der Waals surface area contributed by atoms with Crippen LogP contribution in [-0.4, -0.2) is 28.7 Å². The molecule has 5 nitrogen and oxygen atoms in total. The van der Waals surface area contributed by atoms with Crippen LogP contribution in [0.25, 0.3) is 0 Å². The van der Waals surface area contributed by atoms with Gasteiger partial charge in [-0.05, 0) is 24.8 Å². The lowest BCUT2D eigenvalue weighted by molar-refractivity contribution is 0.0930. The number of nitrogens with two attached hydrogens (primary N) is 1. The molecule has 14 heavy (non-hydrogen) atoms. The van der Waals surface area contributed by atoms with Gasteiger partial charge in [-0.1, -0.05) is 0 Å². The molecule has 1 aliphatic rings. The van der Waals surface area contributed by atoms with E-state index < -0.39 is 0 Å². The molecule has 1 heterocycles. The molecule has 0 bridgehead atoms. The molecule has 0 atom stereocenters. The van der Waals surface area contributed by atoms with E-state index in [0.29, 0.717) is 24.2 Å². The minimum Gasteiger partial charge on any atom is -0.350 e. The van der Waals surface area contributed by atoms with E-state index in [9.17, 15) is 4.79 Å². The zero-order chi connectivity index (χ0) is 9.97. The first-order valence-corrected chi connectivity index (χ1v) is 4.79. The predicted octanol–water partition coefficient (Wildman–Crippen LogP) is -0.123. The fourth-order valence-electron chi connectivity index (χ4n) is 1.67. The highest BCUT2D eigenvalue weighted by atomic mass is 16.1. The third-order valence-electron chi connectivity index (χ3n) is 2.57. The smallest absolute Gasteiger partial charge is 0.269 e. The molecule has 0 radical (unpaired) electrons. The third kappa shape index (κ3) is 1.93. The minimum atomic E-state index is -0.0945. The fourth-order valence-corrected chi connectivity index (χ4v) is 1.67. The minimum absolute atomic E-state index is 0.0945. The van der Waals surface area contributed by atoms with Crippen molar-refractivity contribution in [2.75, 3.05) is 6.54 Å². The monoisotopic (exact) mass is 194 g/mol. The van der Waals surface area contributed by atoms with Gasteiger partial charge in [0.15, 0.2) is 0 Å². The van der Waals surface area contributed by atoms with E-state index in [1.807, 2.05) is 0 Å². The van der Waals surface area contributed by atoms with Gasteiger partial charge in [-0.25, -0.2) is 0 Å². The summed E-state index contributed by atoms with van der Waals surface area (Å²) >= 11 is 0. The van der Waals surface area contributed by atoms with Crippen LogP contribution < -0.4 is 11.1 Å². The van der Waals surface area contributed by atoms with E-state index >= 15 is 0 Å². The Bertz CT molecular complexity index is 303. The maximum Gasteiger partial charge on any atom is 0.269 e. The van der Waals surface area contributed by atoms with Crippen molar-refractivity contribution in [1.29, 1.82) is 0 Å². The first-order chi connectivity index (χ1) is 6.75. The number of hydrogen-bond donors (Lipinski definition) is 3. The van der Waals surface area contributed by atoms with Crippen molar-refractivity contribution in [3.8, 4) is 0 Å². The molecule has 0 spiro atoms. The van der Waals surface area contributed by atoms with Crippen LogP contribution >= 0.6 is 0 Å². The molecule has 1 aliphatic carbocycles. The van der Waals surface area contributed by atoms with Crippen molar-refractivity contribution in [3.63, 3.8) is 0 Å². The maximum atomic E-state index is 11.4. The maximum absolute atomic E-state index is 11.4. The summed E-state index contributed by atoms with van der Waals surface area (Å²) in [6.45, 7) is 0.714. The molecule has 1 aromatic rings. The summed E-state index contributed by atoms with van der Waals surface area (Å²) in [4.78, 5) is 11.4. The van der Waals surface area contributed by atoms with Crippen LogP contribution in [0.5, 0.6) is 0 Å². The second kappa shape index (κ2) is 3.79. The number of hydrogen-bond acceptors (Lipinski definition) is 3. The number of aromatic nitrogens is 2. The van der Waals surface area contributed by atoms with Crippen LogP contribution in [0.3, 0.4) is 0 Å². The molecule has 1 aromatic heterocycles. The molecular formula is C9H14N4O. The Hall–Kier alpha value is -1.36. The number of amides is 1. The lowest BCUT2D eigenvalue weighted by Crippen LogP contribution is -2.42. The second-order valence-corrected chi connectivity index (χ2v) is 3.78. The quantitative estimate of drug-likeness (QED) is 0.627. The summed E-state index contributed by atoms with van der Waals surface area (Å²) in [7, 11) is 0. The Labute approximate surface area is 82.1 Å². The highest BCUT2D eigenvalue weighted by Crippen LogP contribution is 2.24. The molecular weight excluding hydrogens is 180 g/mol. The molecule has 2 rings (SSSR count). The summed E-state index contributed by atoms with van der Waals surface area (Å²) < 4.78 is 0. The highest BCUT2D eigenvalue weighted by molar-refractivity contribution is 5.92. The van der Waals surface area contributed by atoms with Crippen molar-refractivity contribution >= 4 is 5.91 Å². The van der Waals surface area contributed by atoms with E-state index in [4.69, 9.17) is 5.73 Å². The number of aromatic amines is 1. The Balaban J connectivity index is 1.74. The van der Waals surface area contributed by atoms with Crippen LogP contribution in [0, 0.1) is 5.92 Å². The van der Waals surface area contributed by atoms with Crippen LogP contribution in [0.15, 0.2) is 12.3 Å². The topological polar surface area (TPSA) is 83.8 Å². The standard InChI is InChI=1S/C9H14N4O/c10-7-3-6(4-7)5-11-9(14)8-1-2-12-13-8/h1-2,6-7H,3-5,10H2,(H,11,14)(H,12,13). The summed E-state index contributed by atoms with van der Waals surface area (Å²) in [6.07, 6.45) is 3.60. The average Bonchev–Trinajstić information content (AvgIpc) is 2.62. The van der Waals surface area contributed by atoms with Gasteiger partial charge >= 0.3 is 0 Å². The first-order valence-electron chi connectivity index (χ1n) is 4.79. The molecule has 1 fully saturated rings. The van der Waals surface area contributed by atoms with Gasteiger partial charge in [-0.2, -0.15) is 5.10 Å². The number of carbonyl (C=O) groups excluding carboxylic acids is 1. The van der Waals surface area contributed by atoms with E-state index in [0.717, 1.165) is 12.8 Å². The van der Waals surface area contributed by atoms with Crippen LogP contribution in [-0.2, 0) is 0 Å². The van der Waals surface area contributed by atoms with Crippen molar-refractivity contribution in [2.45, 2.75) is 18.9 Å². The predicted molar refractivity (Wildman–Crippen MR) is 51.6 cm³/mol. The van der Waals surface area contributed by atoms with Gasteiger partial charge in [0, 0.05) is 18.8 Å². The Morgan fingerprint density at radius 2 is 2.50 bits per heavy atom. The van der Waals surface area contributed by atoms with Gasteiger partial charge in [0.2, 0.25) is 0 Å². The molecule has 76 valence electrons. The van der Waals surface area contributed by atoms with Gasteiger partial charge in [-0.3, -0.25) is 9.89 Å². The molecule has 1 saturated carbocycles. The van der Waals surface area contributed by atoms with Gasteiger partial charge in [0.25, 0.3) is 5.91 Å². The van der Waals surface area contributed by atoms with Crippen molar-refractivity contribution in [2.24, 2.45) is 11.7 Å². The Kier molecular flexibility index (Phi) is 2.49. The largest absolute Gasteiger partial charge is 0.350 e. The van der Waals surface area contributed by atoms with Crippen LogP contribution in [0.4, 0.5) is 0 Å². The molecule has 5 heteroatoms. The second-order valence-electron chi connectivity index (χ2n) is 3.78. The van der Waals surface area contributed by atoms with Gasteiger partial charge in [0.05, 0.1) is 0 Å². The molecule has 0 saturated heterocycles. The van der Waals surface area contributed by atoms with Crippen molar-refractivity contribution in [1.82, 2.24) is 15.5 Å². The average molecular weight is 194 g/mol. The number of H-pyrrole nitrogens is 1. The Morgan fingerprint density at radius 1 is 1.71 bits per heavy atom. The zero-order valence-electron chi connectivity index (χ0n) is 7.86. The normalized spacial score (nSPS) is 25.5. The van der Waals surface area contributed by atoms with E-state index in [-0.39, 0.29) is 5.91 Å². The summed E-state index contributed by atoms with van der Waals surface area (Å²) in [5.41, 5.74) is 6.15. The zero-order valence-corrected chi connectivity index (χ0v) is 7.86. The van der Waals surface area contributed by atoms with Gasteiger partial charge < -0.3 is 11.1 Å². The molecule has 0 aromatic carbocycles. The summed E-state index contributed by atoms with van der Waals surface area (Å²) in [5, 5.41) is 9.17. The van der Waals surface area contributed by atoms with Crippen LogP contribution in [0.1, 0.15) is 23.3 Å². The van der Waals surface area contributed by atoms with Gasteiger partial charge in [-0.15, -0.1) is 0 Å². The molecule has 0 aliphatic heterocycles. The number of rotatable bonds is 3. The number of carbonyl (C=O) groups is 1. The lowest BCUT2D eigenvalue weighted by Gasteiger charge is -2.32. The fraction of sp³-hybridized carbons (Fsp3) is 0.556. The SMILES string of the molecule is NC1CC(CNC(=O)c2ccn[nH]2)C1. The van der Waals surface area contributed by atoms with E-state index in [1.165, 1.54) is 0 Å². The summed E-state index contributed by atoms with van der Waals surface area (Å²) in [6, 6.07) is 1.99. The number of nitrogens with one attached hydrogen (secondary N) is 2. The highest BCUT2D eigenvalue weighted by Gasteiger charge is 2.25. The first kappa shape index (κ1) is 9.21. The van der Waals surface area contributed by atoms with Crippen molar-refractivity contribution in [3.05, 3.63) is 18.0 Å². The van der Waals surface area contributed by atoms with Crippen LogP contribution in [0.2, 0.25) is 0 Å². The molecule has 0 unspecified atom stereocenters. The Morgan fingerprint density at radius 3 is 3.07 bits per heavy atom. The van der Waals surface area contributed by atoms with Crippen molar-refractivity contribution < 1.29 is 4.79 Å². The number of nitrogens with zero attached hydrogens (tertiary/aromatic N) is 1. The lowest BCUT2D eigenvalue weighted by atomic mass is 9.81.